The summed E-state index contributed by atoms with van der Waals surface area (Å²) < 4.78 is 0. The Morgan fingerprint density at radius 1 is 1.44 bits per heavy atom. The van der Waals surface area contributed by atoms with Crippen molar-refractivity contribution in [3.05, 3.63) is 35.2 Å². The van der Waals surface area contributed by atoms with Crippen LogP contribution in [0.3, 0.4) is 0 Å². The van der Waals surface area contributed by atoms with Gasteiger partial charge in [-0.25, -0.2) is 0 Å². The van der Waals surface area contributed by atoms with E-state index in [-0.39, 0.29) is 0 Å². The van der Waals surface area contributed by atoms with Crippen LogP contribution in [0.15, 0.2) is 18.3 Å². The summed E-state index contributed by atoms with van der Waals surface area (Å²) in [6.45, 7) is 2.99. The summed E-state index contributed by atoms with van der Waals surface area (Å²) in [6, 6.07) is 4.67. The molecular weight excluding hydrogens is 222 g/mol. The highest BCUT2D eigenvalue weighted by atomic mass is 15.0. The molecule has 2 unspecified atom stereocenters. The molecule has 1 aliphatic carbocycles. The Bertz CT molecular complexity index is 539. The first kappa shape index (κ1) is 11.4. The smallest absolute Gasteiger partial charge is 0.101 e. The van der Waals surface area contributed by atoms with Crippen LogP contribution in [0.25, 0.3) is 5.57 Å². The van der Waals surface area contributed by atoms with Crippen molar-refractivity contribution in [2.24, 2.45) is 5.92 Å². The molecule has 0 bridgehead atoms. The van der Waals surface area contributed by atoms with Gasteiger partial charge < -0.3 is 5.32 Å². The number of nitrogens with zero attached hydrogens (tertiary/aromatic N) is 2. The maximum atomic E-state index is 9.10. The number of nitriles is 1. The monoisotopic (exact) mass is 239 g/mol. The minimum atomic E-state index is 0.467. The van der Waals surface area contributed by atoms with Gasteiger partial charge in [0.25, 0.3) is 0 Å². The van der Waals surface area contributed by atoms with Crippen molar-refractivity contribution >= 4 is 5.57 Å². The van der Waals surface area contributed by atoms with Gasteiger partial charge in [-0.05, 0) is 55.9 Å². The number of nitrogens with one attached hydrogen (secondary N) is 1. The highest BCUT2D eigenvalue weighted by Gasteiger charge is 2.32. The molecule has 0 radical (unpaired) electrons. The van der Waals surface area contributed by atoms with E-state index in [0.717, 1.165) is 30.1 Å². The van der Waals surface area contributed by atoms with Crippen LogP contribution in [0.2, 0.25) is 0 Å². The average Bonchev–Trinajstić information content (AvgIpc) is 2.87. The Balaban J connectivity index is 1.99. The molecule has 92 valence electrons. The standard InChI is InChI=1S/C15H17N3/c1-10-12(8-16)7-13(9-18-10)14-4-2-3-11-5-6-17-15(11)14/h4,7,9,11,15,17H,2-3,5-6H2,1H3. The largest absolute Gasteiger partial charge is 0.310 e. The molecule has 1 aromatic heterocycles. The van der Waals surface area contributed by atoms with E-state index in [1.807, 2.05) is 19.2 Å². The van der Waals surface area contributed by atoms with Crippen LogP contribution in [-0.4, -0.2) is 17.6 Å². The summed E-state index contributed by atoms with van der Waals surface area (Å²) in [6.07, 6.45) is 7.92. The van der Waals surface area contributed by atoms with Crippen LogP contribution in [0, 0.1) is 24.2 Å². The molecule has 3 heteroatoms. The minimum Gasteiger partial charge on any atom is -0.310 e. The summed E-state index contributed by atoms with van der Waals surface area (Å²) in [5.41, 5.74) is 3.95. The van der Waals surface area contributed by atoms with Crippen LogP contribution >= 0.6 is 0 Å². The Labute approximate surface area is 108 Å². The van der Waals surface area contributed by atoms with Crippen LogP contribution in [0.1, 0.15) is 36.1 Å². The summed E-state index contributed by atoms with van der Waals surface area (Å²) in [5, 5.41) is 12.7. The number of fused-ring (bicyclic) bond motifs is 1. The molecule has 1 N–H and O–H groups in total. The molecule has 1 fully saturated rings. The molecule has 1 aliphatic heterocycles. The third kappa shape index (κ3) is 1.83. The lowest BCUT2D eigenvalue weighted by Crippen LogP contribution is -2.30. The van der Waals surface area contributed by atoms with Gasteiger partial charge in [-0.1, -0.05) is 6.08 Å². The van der Waals surface area contributed by atoms with E-state index in [0.29, 0.717) is 11.6 Å². The maximum Gasteiger partial charge on any atom is 0.101 e. The fourth-order valence-electron chi connectivity index (χ4n) is 3.11. The van der Waals surface area contributed by atoms with E-state index in [2.05, 4.69) is 22.4 Å². The Hall–Kier alpha value is -1.66. The predicted molar refractivity (Wildman–Crippen MR) is 70.8 cm³/mol. The van der Waals surface area contributed by atoms with Crippen LogP contribution in [-0.2, 0) is 0 Å². The molecule has 2 atom stereocenters. The second-order valence-corrected chi connectivity index (χ2v) is 5.19. The van der Waals surface area contributed by atoms with Crippen molar-refractivity contribution in [1.29, 1.82) is 5.26 Å². The Kier molecular flexibility index (Phi) is 2.89. The first-order valence-corrected chi connectivity index (χ1v) is 6.60. The quantitative estimate of drug-likeness (QED) is 0.818. The molecule has 0 saturated carbocycles. The Morgan fingerprint density at radius 2 is 2.33 bits per heavy atom. The lowest BCUT2D eigenvalue weighted by atomic mass is 9.82. The molecular formula is C15H17N3. The number of hydrogen-bond acceptors (Lipinski definition) is 3. The van der Waals surface area contributed by atoms with Gasteiger partial charge in [0.05, 0.1) is 11.3 Å². The molecule has 2 aliphatic rings. The number of rotatable bonds is 1. The highest BCUT2D eigenvalue weighted by Crippen LogP contribution is 2.36. The summed E-state index contributed by atoms with van der Waals surface area (Å²) >= 11 is 0. The van der Waals surface area contributed by atoms with Gasteiger partial charge in [-0.2, -0.15) is 5.26 Å². The van der Waals surface area contributed by atoms with Gasteiger partial charge in [0.1, 0.15) is 6.07 Å². The van der Waals surface area contributed by atoms with Crippen LogP contribution in [0.5, 0.6) is 0 Å². The van der Waals surface area contributed by atoms with Crippen LogP contribution in [0.4, 0.5) is 0 Å². The van der Waals surface area contributed by atoms with Crippen molar-refractivity contribution in [3.63, 3.8) is 0 Å². The summed E-state index contributed by atoms with van der Waals surface area (Å²) in [4.78, 5) is 4.35. The zero-order valence-corrected chi connectivity index (χ0v) is 10.6. The zero-order valence-electron chi connectivity index (χ0n) is 10.6. The second kappa shape index (κ2) is 4.55. The Morgan fingerprint density at radius 3 is 3.17 bits per heavy atom. The molecule has 0 spiro atoms. The second-order valence-electron chi connectivity index (χ2n) is 5.19. The topological polar surface area (TPSA) is 48.7 Å². The third-order valence-corrected chi connectivity index (χ3v) is 4.13. The lowest BCUT2D eigenvalue weighted by molar-refractivity contribution is 0.470. The molecule has 0 amide bonds. The molecule has 0 aromatic carbocycles. The van der Waals surface area contributed by atoms with Gasteiger partial charge in [0, 0.05) is 12.2 Å². The third-order valence-electron chi connectivity index (χ3n) is 4.13. The number of aryl methyl sites for hydroxylation is 1. The number of aromatic nitrogens is 1. The lowest BCUT2D eigenvalue weighted by Gasteiger charge is -2.27. The van der Waals surface area contributed by atoms with E-state index >= 15 is 0 Å². The van der Waals surface area contributed by atoms with E-state index < -0.39 is 0 Å². The van der Waals surface area contributed by atoms with E-state index in [9.17, 15) is 0 Å². The van der Waals surface area contributed by atoms with Crippen LogP contribution < -0.4 is 5.32 Å². The fourth-order valence-corrected chi connectivity index (χ4v) is 3.11. The van der Waals surface area contributed by atoms with Gasteiger partial charge in [-0.3, -0.25) is 4.98 Å². The molecule has 3 rings (SSSR count). The molecule has 18 heavy (non-hydrogen) atoms. The van der Waals surface area contributed by atoms with Gasteiger partial charge in [-0.15, -0.1) is 0 Å². The first-order chi connectivity index (χ1) is 8.79. The van der Waals surface area contributed by atoms with E-state index in [1.54, 1.807) is 0 Å². The number of hydrogen-bond donors (Lipinski definition) is 1. The van der Waals surface area contributed by atoms with Crippen molar-refractivity contribution in [3.8, 4) is 6.07 Å². The highest BCUT2D eigenvalue weighted by molar-refractivity contribution is 5.71. The normalized spacial score (nSPS) is 26.3. The van der Waals surface area contributed by atoms with Gasteiger partial charge >= 0.3 is 0 Å². The van der Waals surface area contributed by atoms with Gasteiger partial charge in [0.2, 0.25) is 0 Å². The number of pyridine rings is 1. The molecule has 1 saturated heterocycles. The van der Waals surface area contributed by atoms with E-state index in [4.69, 9.17) is 5.26 Å². The maximum absolute atomic E-state index is 9.10. The zero-order chi connectivity index (χ0) is 12.5. The summed E-state index contributed by atoms with van der Waals surface area (Å²) in [7, 11) is 0. The molecule has 3 nitrogen and oxygen atoms in total. The van der Waals surface area contributed by atoms with Crippen molar-refractivity contribution < 1.29 is 0 Å². The predicted octanol–water partition coefficient (Wildman–Crippen LogP) is 2.42. The minimum absolute atomic E-state index is 0.467. The van der Waals surface area contributed by atoms with Crippen molar-refractivity contribution in [2.45, 2.75) is 32.2 Å². The van der Waals surface area contributed by atoms with Crippen molar-refractivity contribution in [1.82, 2.24) is 10.3 Å². The van der Waals surface area contributed by atoms with Crippen molar-refractivity contribution in [2.75, 3.05) is 6.54 Å². The summed E-state index contributed by atoms with van der Waals surface area (Å²) in [5.74, 6) is 0.761. The molecule has 2 heterocycles. The number of allylic oxidation sites excluding steroid dienone is 1. The molecule has 1 aromatic rings. The van der Waals surface area contributed by atoms with E-state index in [1.165, 1.54) is 18.4 Å². The fraction of sp³-hybridized carbons (Fsp3) is 0.467. The first-order valence-electron chi connectivity index (χ1n) is 6.60. The SMILES string of the molecule is Cc1ncc(C2=CCCC3CCNC23)cc1C#N. The average molecular weight is 239 g/mol. The van der Waals surface area contributed by atoms with Gasteiger partial charge in [0.15, 0.2) is 0 Å².